The van der Waals surface area contributed by atoms with Gasteiger partial charge in [0.25, 0.3) is 5.24 Å². The van der Waals surface area contributed by atoms with Gasteiger partial charge in [0.1, 0.15) is 0 Å². The normalized spacial score (nSPS) is 12.7. The van der Waals surface area contributed by atoms with Crippen LogP contribution >= 0.6 is 11.6 Å². The second-order valence-corrected chi connectivity index (χ2v) is 3.85. The van der Waals surface area contributed by atoms with Gasteiger partial charge in [0.15, 0.2) is 0 Å². The number of hydrogen-bond acceptors (Lipinski definition) is 1. The van der Waals surface area contributed by atoms with Gasteiger partial charge >= 0.3 is 12.4 Å². The number of carbonyl (C=O) groups excluding carboxylic acids is 1. The van der Waals surface area contributed by atoms with Crippen molar-refractivity contribution >= 4 is 16.8 Å². The van der Waals surface area contributed by atoms with E-state index in [9.17, 15) is 31.1 Å². The Balaban J connectivity index is 3.76. The molecule has 0 aliphatic heterocycles. The standard InChI is InChI=1S/C10H5ClF6O/c1-4-2-5(8(11)18)7(10(15,16)17)6(3-4)9(12,13)14/h2-3H,1H3. The second-order valence-electron chi connectivity index (χ2n) is 3.50. The van der Waals surface area contributed by atoms with Crippen molar-refractivity contribution in [3.05, 3.63) is 34.4 Å². The van der Waals surface area contributed by atoms with Crippen LogP contribution in [0.25, 0.3) is 0 Å². The second kappa shape index (κ2) is 4.46. The SMILES string of the molecule is Cc1cc(C(=O)Cl)c(C(F)(F)F)c(C(F)(F)F)c1. The third kappa shape index (κ3) is 2.95. The number of hydrogen-bond donors (Lipinski definition) is 0. The van der Waals surface area contributed by atoms with Crippen molar-refractivity contribution in [1.82, 2.24) is 0 Å². The third-order valence-electron chi connectivity index (χ3n) is 2.08. The van der Waals surface area contributed by atoms with Gasteiger partial charge in [0.05, 0.1) is 11.1 Å². The molecule has 0 saturated heterocycles. The predicted molar refractivity (Wildman–Crippen MR) is 51.4 cm³/mol. The number of benzene rings is 1. The predicted octanol–water partition coefficient (Wildman–Crippen LogP) is 4.41. The van der Waals surface area contributed by atoms with Crippen molar-refractivity contribution in [2.45, 2.75) is 19.3 Å². The lowest BCUT2D eigenvalue weighted by atomic mass is 9.97. The molecule has 0 heterocycles. The highest BCUT2D eigenvalue weighted by Crippen LogP contribution is 2.42. The van der Waals surface area contributed by atoms with E-state index < -0.39 is 34.3 Å². The topological polar surface area (TPSA) is 17.1 Å². The zero-order valence-corrected chi connectivity index (χ0v) is 9.46. The van der Waals surface area contributed by atoms with E-state index in [0.29, 0.717) is 12.1 Å². The molecule has 1 nitrogen and oxygen atoms in total. The molecule has 0 unspecified atom stereocenters. The summed E-state index contributed by atoms with van der Waals surface area (Å²) < 4.78 is 75.5. The quantitative estimate of drug-likeness (QED) is 0.553. The van der Waals surface area contributed by atoms with Crippen molar-refractivity contribution in [3.63, 3.8) is 0 Å². The largest absolute Gasteiger partial charge is 0.417 e. The molecule has 1 rings (SSSR count). The van der Waals surface area contributed by atoms with Crippen molar-refractivity contribution in [2.75, 3.05) is 0 Å². The van der Waals surface area contributed by atoms with Gasteiger partial charge < -0.3 is 0 Å². The van der Waals surface area contributed by atoms with Crippen LogP contribution in [0.3, 0.4) is 0 Å². The lowest BCUT2D eigenvalue weighted by molar-refractivity contribution is -0.162. The summed E-state index contributed by atoms with van der Waals surface area (Å²) in [6.45, 7) is 1.14. The number of aryl methyl sites for hydroxylation is 1. The highest BCUT2D eigenvalue weighted by atomic mass is 35.5. The molecule has 0 atom stereocenters. The Morgan fingerprint density at radius 2 is 1.56 bits per heavy atom. The van der Waals surface area contributed by atoms with Crippen molar-refractivity contribution in [1.29, 1.82) is 0 Å². The Labute approximate surface area is 102 Å². The first-order valence-corrected chi connectivity index (χ1v) is 4.81. The highest BCUT2D eigenvalue weighted by Gasteiger charge is 2.45. The first-order chi connectivity index (χ1) is 7.94. The molecular weight excluding hydrogens is 286 g/mol. The van der Waals surface area contributed by atoms with Crippen molar-refractivity contribution < 1.29 is 31.1 Å². The average molecular weight is 291 g/mol. The summed E-state index contributed by atoms with van der Waals surface area (Å²) >= 11 is 4.90. The molecular formula is C10H5ClF6O. The van der Waals surface area contributed by atoms with Crippen LogP contribution < -0.4 is 0 Å². The number of rotatable bonds is 1. The Hall–Kier alpha value is -1.24. The molecule has 100 valence electrons. The van der Waals surface area contributed by atoms with Gasteiger partial charge in [-0.05, 0) is 36.2 Å². The van der Waals surface area contributed by atoms with Gasteiger partial charge in [-0.2, -0.15) is 26.3 Å². The van der Waals surface area contributed by atoms with Crippen LogP contribution in [0.4, 0.5) is 26.3 Å². The first kappa shape index (κ1) is 14.8. The summed E-state index contributed by atoms with van der Waals surface area (Å²) in [6.07, 6.45) is -10.5. The lowest BCUT2D eigenvalue weighted by Crippen LogP contribution is -2.20. The van der Waals surface area contributed by atoms with Crippen LogP contribution in [0.5, 0.6) is 0 Å². The van der Waals surface area contributed by atoms with Gasteiger partial charge in [-0.3, -0.25) is 4.79 Å². The van der Waals surface area contributed by atoms with E-state index in [1.54, 1.807) is 0 Å². The summed E-state index contributed by atoms with van der Waals surface area (Å²) in [6, 6.07) is 1.000. The van der Waals surface area contributed by atoms with E-state index in [2.05, 4.69) is 0 Å². The molecule has 0 aromatic heterocycles. The van der Waals surface area contributed by atoms with E-state index in [0.717, 1.165) is 6.92 Å². The summed E-state index contributed by atoms with van der Waals surface area (Å²) in [5, 5.41) is -1.59. The van der Waals surface area contributed by atoms with E-state index in [-0.39, 0.29) is 5.56 Å². The maximum absolute atomic E-state index is 12.6. The monoisotopic (exact) mass is 290 g/mol. The molecule has 0 radical (unpaired) electrons. The van der Waals surface area contributed by atoms with Gasteiger partial charge in [0.2, 0.25) is 0 Å². The first-order valence-electron chi connectivity index (χ1n) is 4.43. The lowest BCUT2D eigenvalue weighted by Gasteiger charge is -2.18. The van der Waals surface area contributed by atoms with E-state index in [1.807, 2.05) is 0 Å². The molecule has 1 aromatic carbocycles. The van der Waals surface area contributed by atoms with Crippen LogP contribution in [0, 0.1) is 6.92 Å². The minimum atomic E-state index is -5.32. The summed E-state index contributed by atoms with van der Waals surface area (Å²) in [7, 11) is 0. The van der Waals surface area contributed by atoms with Crippen LogP contribution in [0.2, 0.25) is 0 Å². The minimum Gasteiger partial charge on any atom is -0.276 e. The van der Waals surface area contributed by atoms with Gasteiger partial charge in [0, 0.05) is 5.56 Å². The van der Waals surface area contributed by atoms with Crippen LogP contribution in [0.1, 0.15) is 27.0 Å². The smallest absolute Gasteiger partial charge is 0.276 e. The molecule has 0 aliphatic rings. The fourth-order valence-electron chi connectivity index (χ4n) is 1.47. The van der Waals surface area contributed by atoms with Crippen LogP contribution in [-0.2, 0) is 12.4 Å². The average Bonchev–Trinajstić information content (AvgIpc) is 2.12. The Morgan fingerprint density at radius 1 is 1.06 bits per heavy atom. The summed E-state index contributed by atoms with van der Waals surface area (Å²) in [5.41, 5.74) is -5.31. The van der Waals surface area contributed by atoms with E-state index in [1.165, 1.54) is 0 Å². The molecule has 0 saturated carbocycles. The summed E-state index contributed by atoms with van der Waals surface area (Å²) in [5.74, 6) is 0. The molecule has 18 heavy (non-hydrogen) atoms. The number of halogens is 7. The third-order valence-corrected chi connectivity index (χ3v) is 2.29. The van der Waals surface area contributed by atoms with E-state index >= 15 is 0 Å². The van der Waals surface area contributed by atoms with Gasteiger partial charge in [-0.1, -0.05) is 0 Å². The Bertz CT molecular complexity index is 488. The zero-order chi connectivity index (χ0) is 14.3. The van der Waals surface area contributed by atoms with Crippen molar-refractivity contribution in [3.8, 4) is 0 Å². The molecule has 8 heteroatoms. The molecule has 0 N–H and O–H groups in total. The zero-order valence-electron chi connectivity index (χ0n) is 8.71. The van der Waals surface area contributed by atoms with Crippen molar-refractivity contribution in [2.24, 2.45) is 0 Å². The fourth-order valence-corrected chi connectivity index (χ4v) is 1.62. The van der Waals surface area contributed by atoms with E-state index in [4.69, 9.17) is 11.6 Å². The molecule has 0 fully saturated rings. The van der Waals surface area contributed by atoms with Crippen LogP contribution in [-0.4, -0.2) is 5.24 Å². The summed E-state index contributed by atoms with van der Waals surface area (Å²) in [4.78, 5) is 10.8. The highest BCUT2D eigenvalue weighted by molar-refractivity contribution is 6.68. The molecule has 1 aromatic rings. The maximum Gasteiger partial charge on any atom is 0.417 e. The molecule has 0 aliphatic carbocycles. The minimum absolute atomic E-state index is 0.140. The van der Waals surface area contributed by atoms with Gasteiger partial charge in [-0.15, -0.1) is 0 Å². The number of alkyl halides is 6. The molecule has 0 amide bonds. The fraction of sp³-hybridized carbons (Fsp3) is 0.300. The van der Waals surface area contributed by atoms with Gasteiger partial charge in [-0.25, -0.2) is 0 Å². The molecule has 0 spiro atoms. The maximum atomic E-state index is 12.6. The number of carbonyl (C=O) groups is 1. The van der Waals surface area contributed by atoms with Crippen LogP contribution in [0.15, 0.2) is 12.1 Å². The Kier molecular flexibility index (Phi) is 3.67. The molecule has 0 bridgehead atoms. The Morgan fingerprint density at radius 3 is 1.89 bits per heavy atom.